The molecule has 0 atom stereocenters. The van der Waals surface area contributed by atoms with Gasteiger partial charge >= 0.3 is 0 Å². The van der Waals surface area contributed by atoms with Crippen molar-refractivity contribution in [2.24, 2.45) is 0 Å². The van der Waals surface area contributed by atoms with Crippen molar-refractivity contribution < 1.29 is 4.79 Å². The average Bonchev–Trinajstić information content (AvgIpc) is 2.22. The Bertz CT molecular complexity index is 350. The lowest BCUT2D eigenvalue weighted by Crippen LogP contribution is -2.25. The predicted molar refractivity (Wildman–Crippen MR) is 65.6 cm³/mol. The Morgan fingerprint density at radius 3 is 2.60 bits per heavy atom. The maximum atomic E-state index is 11.6. The summed E-state index contributed by atoms with van der Waals surface area (Å²) in [5.41, 5.74) is 6.83. The van der Waals surface area contributed by atoms with Gasteiger partial charge in [0.15, 0.2) is 0 Å². The number of anilines is 2. The minimum Gasteiger partial charge on any atom is -0.399 e. The van der Waals surface area contributed by atoms with Crippen LogP contribution < -0.4 is 10.6 Å². The second kappa shape index (κ2) is 5.41. The van der Waals surface area contributed by atoms with Crippen LogP contribution in [0.3, 0.4) is 0 Å². The summed E-state index contributed by atoms with van der Waals surface area (Å²) in [4.78, 5) is 12.9. The Kier molecular flexibility index (Phi) is 4.17. The van der Waals surface area contributed by atoms with Crippen LogP contribution in [-0.4, -0.2) is 17.3 Å². The molecule has 1 aromatic rings. The molecule has 0 saturated carbocycles. The molecule has 0 aliphatic heterocycles. The van der Waals surface area contributed by atoms with Crippen LogP contribution in [-0.2, 0) is 0 Å². The number of thioether (sulfide) groups is 1. The molecule has 0 saturated heterocycles. The molecule has 0 radical (unpaired) electrons. The largest absolute Gasteiger partial charge is 0.399 e. The predicted octanol–water partition coefficient (Wildman–Crippen LogP) is 2.56. The van der Waals surface area contributed by atoms with Gasteiger partial charge in [-0.3, -0.25) is 15.1 Å². The maximum Gasteiger partial charge on any atom is 0.291 e. The number of carbonyl (C=O) groups is 1. The number of nitrogens with two attached hydrogens (primary N) is 1. The average molecular weight is 223 g/mol. The highest BCUT2D eigenvalue weighted by Gasteiger charge is 2.12. The van der Waals surface area contributed by atoms with Gasteiger partial charge < -0.3 is 5.73 Å². The van der Waals surface area contributed by atoms with E-state index in [2.05, 4.69) is 0 Å². The highest BCUT2D eigenvalue weighted by molar-refractivity contribution is 8.13. The second-order valence-corrected chi connectivity index (χ2v) is 4.00. The van der Waals surface area contributed by atoms with E-state index in [1.807, 2.05) is 6.92 Å². The summed E-state index contributed by atoms with van der Waals surface area (Å²) in [7, 11) is 0. The van der Waals surface area contributed by atoms with E-state index in [1.54, 1.807) is 24.3 Å². The Balaban J connectivity index is 2.87. The van der Waals surface area contributed by atoms with E-state index in [4.69, 9.17) is 11.1 Å². The van der Waals surface area contributed by atoms with E-state index in [0.717, 1.165) is 6.34 Å². The molecule has 15 heavy (non-hydrogen) atoms. The lowest BCUT2D eigenvalue weighted by Gasteiger charge is -2.15. The first-order valence-electron chi connectivity index (χ1n) is 4.51. The Morgan fingerprint density at radius 2 is 2.13 bits per heavy atom. The molecule has 0 heterocycles. The van der Waals surface area contributed by atoms with Gasteiger partial charge in [-0.2, -0.15) is 0 Å². The number of nitrogens with one attached hydrogen (secondary N) is 1. The van der Waals surface area contributed by atoms with Crippen molar-refractivity contribution >= 4 is 34.7 Å². The third-order valence-electron chi connectivity index (χ3n) is 1.76. The van der Waals surface area contributed by atoms with E-state index in [0.29, 0.717) is 17.1 Å². The van der Waals surface area contributed by atoms with Crippen molar-refractivity contribution in [2.45, 2.75) is 6.92 Å². The highest BCUT2D eigenvalue weighted by atomic mass is 32.2. The molecule has 0 spiro atoms. The zero-order valence-corrected chi connectivity index (χ0v) is 9.25. The van der Waals surface area contributed by atoms with Gasteiger partial charge in [0.25, 0.3) is 5.24 Å². The zero-order chi connectivity index (χ0) is 11.3. The van der Waals surface area contributed by atoms with Gasteiger partial charge in [-0.05, 0) is 30.0 Å². The number of amides is 1. The smallest absolute Gasteiger partial charge is 0.291 e. The fourth-order valence-corrected chi connectivity index (χ4v) is 1.60. The van der Waals surface area contributed by atoms with Gasteiger partial charge in [0, 0.05) is 5.69 Å². The van der Waals surface area contributed by atoms with E-state index >= 15 is 0 Å². The molecule has 4 nitrogen and oxygen atoms in total. The number of hydrogen-bond donors (Lipinski definition) is 2. The quantitative estimate of drug-likeness (QED) is 0.470. The monoisotopic (exact) mass is 223 g/mol. The summed E-state index contributed by atoms with van der Waals surface area (Å²) in [6.45, 7) is 1.90. The van der Waals surface area contributed by atoms with Gasteiger partial charge in [-0.1, -0.05) is 18.7 Å². The zero-order valence-electron chi connectivity index (χ0n) is 8.43. The molecule has 1 rings (SSSR count). The molecule has 3 N–H and O–H groups in total. The van der Waals surface area contributed by atoms with Crippen LogP contribution >= 0.6 is 11.8 Å². The SMILES string of the molecule is CCSC(=O)N(C=N)c1ccc(N)cc1. The lowest BCUT2D eigenvalue weighted by molar-refractivity contribution is 0.267. The van der Waals surface area contributed by atoms with Crippen molar-refractivity contribution in [1.29, 1.82) is 5.41 Å². The van der Waals surface area contributed by atoms with Gasteiger partial charge in [-0.25, -0.2) is 0 Å². The normalized spacial score (nSPS) is 9.67. The molecule has 0 unspecified atom stereocenters. The van der Waals surface area contributed by atoms with Crippen molar-refractivity contribution in [3.05, 3.63) is 24.3 Å². The summed E-state index contributed by atoms with van der Waals surface area (Å²) in [6, 6.07) is 6.84. The number of nitrogens with zero attached hydrogens (tertiary/aromatic N) is 1. The van der Waals surface area contributed by atoms with Crippen molar-refractivity contribution in [3.63, 3.8) is 0 Å². The molecule has 0 aliphatic carbocycles. The van der Waals surface area contributed by atoms with Crippen LogP contribution in [0, 0.1) is 5.41 Å². The van der Waals surface area contributed by atoms with Gasteiger partial charge in [0.05, 0.1) is 12.0 Å². The Labute approximate surface area is 93.0 Å². The van der Waals surface area contributed by atoms with Gasteiger partial charge in [-0.15, -0.1) is 0 Å². The molecule has 80 valence electrons. The van der Waals surface area contributed by atoms with Crippen molar-refractivity contribution in [2.75, 3.05) is 16.4 Å². The number of carbonyl (C=O) groups excluding carboxylic acids is 1. The first-order valence-corrected chi connectivity index (χ1v) is 5.49. The number of benzene rings is 1. The minimum atomic E-state index is -0.155. The molecule has 0 aliphatic rings. The Morgan fingerprint density at radius 1 is 1.53 bits per heavy atom. The lowest BCUT2D eigenvalue weighted by atomic mass is 10.3. The third-order valence-corrected chi connectivity index (χ3v) is 2.50. The van der Waals surface area contributed by atoms with Crippen LogP contribution in [0.4, 0.5) is 16.2 Å². The van der Waals surface area contributed by atoms with Crippen LogP contribution in [0.2, 0.25) is 0 Å². The number of nitrogen functional groups attached to an aromatic ring is 1. The number of rotatable bonds is 3. The van der Waals surface area contributed by atoms with Crippen LogP contribution in [0.25, 0.3) is 0 Å². The highest BCUT2D eigenvalue weighted by Crippen LogP contribution is 2.19. The van der Waals surface area contributed by atoms with Crippen LogP contribution in [0.5, 0.6) is 0 Å². The summed E-state index contributed by atoms with van der Waals surface area (Å²) in [5.74, 6) is 0.693. The standard InChI is InChI=1S/C10H13N3OS/c1-2-15-10(14)13(7-11)9-5-3-8(12)4-6-9/h3-7,11H,2,12H2,1H3. The van der Waals surface area contributed by atoms with Gasteiger partial charge in [0.1, 0.15) is 0 Å². The van der Waals surface area contributed by atoms with Crippen LogP contribution in [0.1, 0.15) is 6.92 Å². The van der Waals surface area contributed by atoms with E-state index in [9.17, 15) is 4.79 Å². The molecular weight excluding hydrogens is 210 g/mol. The second-order valence-electron chi connectivity index (χ2n) is 2.79. The molecule has 5 heteroatoms. The first kappa shape index (κ1) is 11.6. The topological polar surface area (TPSA) is 70.2 Å². The van der Waals surface area contributed by atoms with Crippen molar-refractivity contribution in [3.8, 4) is 0 Å². The van der Waals surface area contributed by atoms with Crippen molar-refractivity contribution in [1.82, 2.24) is 0 Å². The summed E-state index contributed by atoms with van der Waals surface area (Å²) in [6.07, 6.45) is 1.01. The number of hydrogen-bond acceptors (Lipinski definition) is 4. The molecule has 0 aromatic heterocycles. The third kappa shape index (κ3) is 2.99. The van der Waals surface area contributed by atoms with E-state index in [1.165, 1.54) is 16.7 Å². The molecule has 0 bridgehead atoms. The minimum absolute atomic E-state index is 0.155. The van der Waals surface area contributed by atoms with E-state index in [-0.39, 0.29) is 5.24 Å². The first-order chi connectivity index (χ1) is 7.19. The molecule has 1 aromatic carbocycles. The molecule has 0 fully saturated rings. The van der Waals surface area contributed by atoms with Crippen LogP contribution in [0.15, 0.2) is 24.3 Å². The van der Waals surface area contributed by atoms with E-state index < -0.39 is 0 Å². The Hall–Kier alpha value is -1.49. The fraction of sp³-hybridized carbons (Fsp3) is 0.200. The summed E-state index contributed by atoms with van der Waals surface area (Å²) in [5, 5.41) is 7.04. The summed E-state index contributed by atoms with van der Waals surface area (Å²) >= 11 is 1.17. The fourth-order valence-electron chi connectivity index (χ4n) is 1.06. The summed E-state index contributed by atoms with van der Waals surface area (Å²) < 4.78 is 0. The molecular formula is C10H13N3OS. The maximum absolute atomic E-state index is 11.6. The molecule has 1 amide bonds. The van der Waals surface area contributed by atoms with Gasteiger partial charge in [0.2, 0.25) is 0 Å².